The summed E-state index contributed by atoms with van der Waals surface area (Å²) in [7, 11) is 0. The van der Waals surface area contributed by atoms with Crippen molar-refractivity contribution in [3.05, 3.63) is 51.5 Å². The lowest BCUT2D eigenvalue weighted by molar-refractivity contribution is -0.125. The minimum atomic E-state index is 0.119. The number of rotatable bonds is 4. The van der Waals surface area contributed by atoms with Gasteiger partial charge in [-0.1, -0.05) is 30.3 Å². The van der Waals surface area contributed by atoms with Gasteiger partial charge in [0.15, 0.2) is 0 Å². The summed E-state index contributed by atoms with van der Waals surface area (Å²) in [5.41, 5.74) is 2.48. The molecule has 1 N–H and O–H groups in total. The zero-order valence-corrected chi connectivity index (χ0v) is 13.1. The Morgan fingerprint density at radius 3 is 3.00 bits per heavy atom. The van der Waals surface area contributed by atoms with Gasteiger partial charge in [-0.15, -0.1) is 11.3 Å². The molecule has 1 unspecified atom stereocenters. The van der Waals surface area contributed by atoms with Crippen LogP contribution in [0.2, 0.25) is 0 Å². The SMILES string of the molecule is Cc1nc2c(s1)CC(C(=O)NCCc1ccccc1)CC2. The Balaban J connectivity index is 1.50. The number of carbonyl (C=O) groups is 1. The minimum absolute atomic E-state index is 0.119. The molecule has 0 saturated heterocycles. The van der Waals surface area contributed by atoms with E-state index >= 15 is 0 Å². The molecule has 4 heteroatoms. The van der Waals surface area contributed by atoms with Gasteiger partial charge in [0.1, 0.15) is 0 Å². The molecule has 1 aromatic heterocycles. The van der Waals surface area contributed by atoms with Gasteiger partial charge < -0.3 is 5.32 Å². The van der Waals surface area contributed by atoms with E-state index in [0.717, 1.165) is 30.7 Å². The number of hydrogen-bond acceptors (Lipinski definition) is 3. The van der Waals surface area contributed by atoms with Crippen LogP contribution in [0.15, 0.2) is 30.3 Å². The number of hydrogen-bond donors (Lipinski definition) is 1. The van der Waals surface area contributed by atoms with Crippen molar-refractivity contribution in [3.8, 4) is 0 Å². The second-order valence-electron chi connectivity index (χ2n) is 5.57. The molecule has 0 spiro atoms. The maximum absolute atomic E-state index is 12.3. The number of nitrogens with one attached hydrogen (secondary N) is 1. The van der Waals surface area contributed by atoms with Crippen molar-refractivity contribution in [3.63, 3.8) is 0 Å². The van der Waals surface area contributed by atoms with Crippen molar-refractivity contribution in [2.75, 3.05) is 6.54 Å². The molecule has 0 aliphatic heterocycles. The van der Waals surface area contributed by atoms with Crippen LogP contribution in [-0.2, 0) is 24.1 Å². The summed E-state index contributed by atoms with van der Waals surface area (Å²) >= 11 is 1.74. The molecule has 110 valence electrons. The summed E-state index contributed by atoms with van der Waals surface area (Å²) < 4.78 is 0. The van der Waals surface area contributed by atoms with E-state index in [1.165, 1.54) is 16.1 Å². The molecular weight excluding hydrogens is 280 g/mol. The van der Waals surface area contributed by atoms with Crippen LogP contribution in [0.5, 0.6) is 0 Å². The van der Waals surface area contributed by atoms with E-state index in [0.29, 0.717) is 6.54 Å². The van der Waals surface area contributed by atoms with E-state index in [1.807, 2.05) is 25.1 Å². The molecule has 2 aromatic rings. The topological polar surface area (TPSA) is 42.0 Å². The maximum Gasteiger partial charge on any atom is 0.223 e. The third-order valence-electron chi connectivity index (χ3n) is 3.97. The van der Waals surface area contributed by atoms with Gasteiger partial charge in [0.05, 0.1) is 10.7 Å². The maximum atomic E-state index is 12.3. The minimum Gasteiger partial charge on any atom is -0.356 e. The first-order chi connectivity index (χ1) is 10.2. The molecule has 1 aliphatic rings. The molecule has 1 aromatic carbocycles. The van der Waals surface area contributed by atoms with Crippen LogP contribution >= 0.6 is 11.3 Å². The van der Waals surface area contributed by atoms with E-state index in [2.05, 4.69) is 22.4 Å². The molecule has 0 bridgehead atoms. The van der Waals surface area contributed by atoms with E-state index < -0.39 is 0 Å². The van der Waals surface area contributed by atoms with Gasteiger partial charge in [-0.05, 0) is 38.2 Å². The Morgan fingerprint density at radius 2 is 2.19 bits per heavy atom. The lowest BCUT2D eigenvalue weighted by atomic mass is 9.90. The average Bonchev–Trinajstić information content (AvgIpc) is 2.87. The lowest BCUT2D eigenvalue weighted by Crippen LogP contribution is -2.35. The third kappa shape index (κ3) is 3.50. The van der Waals surface area contributed by atoms with Gasteiger partial charge in [0, 0.05) is 17.3 Å². The molecule has 1 atom stereocenters. The molecule has 0 fully saturated rings. The third-order valence-corrected chi connectivity index (χ3v) is 5.01. The fourth-order valence-electron chi connectivity index (χ4n) is 2.85. The number of thiazole rings is 1. The monoisotopic (exact) mass is 300 g/mol. The van der Waals surface area contributed by atoms with E-state index in [4.69, 9.17) is 0 Å². The first kappa shape index (κ1) is 14.3. The van der Waals surface area contributed by atoms with Gasteiger partial charge >= 0.3 is 0 Å². The molecule has 1 amide bonds. The van der Waals surface area contributed by atoms with Crippen LogP contribution in [0.4, 0.5) is 0 Å². The summed E-state index contributed by atoms with van der Waals surface area (Å²) in [6.45, 7) is 2.76. The van der Waals surface area contributed by atoms with Crippen LogP contribution in [0.25, 0.3) is 0 Å². The highest BCUT2D eigenvalue weighted by molar-refractivity contribution is 7.11. The van der Waals surface area contributed by atoms with Gasteiger partial charge in [0.25, 0.3) is 0 Å². The Kier molecular flexibility index (Phi) is 4.34. The highest BCUT2D eigenvalue weighted by Crippen LogP contribution is 2.29. The number of nitrogens with zero attached hydrogens (tertiary/aromatic N) is 1. The molecule has 1 aliphatic carbocycles. The Labute approximate surface area is 129 Å². The standard InChI is InChI=1S/C17H20N2OS/c1-12-19-15-8-7-14(11-16(15)21-12)17(20)18-10-9-13-5-3-2-4-6-13/h2-6,14H,7-11H2,1H3,(H,18,20). The van der Waals surface area contributed by atoms with Crippen LogP contribution in [0.1, 0.15) is 27.6 Å². The number of carbonyl (C=O) groups excluding carboxylic acids is 1. The first-order valence-electron chi connectivity index (χ1n) is 7.49. The smallest absolute Gasteiger partial charge is 0.223 e. The Bertz CT molecular complexity index is 621. The quantitative estimate of drug-likeness (QED) is 0.943. The van der Waals surface area contributed by atoms with Crippen molar-refractivity contribution in [2.24, 2.45) is 5.92 Å². The van der Waals surface area contributed by atoms with Crippen molar-refractivity contribution in [2.45, 2.75) is 32.6 Å². The molecule has 3 rings (SSSR count). The van der Waals surface area contributed by atoms with Crippen LogP contribution < -0.4 is 5.32 Å². The molecule has 0 saturated carbocycles. The zero-order chi connectivity index (χ0) is 14.7. The first-order valence-corrected chi connectivity index (χ1v) is 8.31. The summed E-state index contributed by atoms with van der Waals surface area (Å²) in [4.78, 5) is 18.1. The van der Waals surface area contributed by atoms with Crippen LogP contribution in [0, 0.1) is 12.8 Å². The fourth-order valence-corrected chi connectivity index (χ4v) is 3.91. The number of fused-ring (bicyclic) bond motifs is 1. The highest BCUT2D eigenvalue weighted by atomic mass is 32.1. The van der Waals surface area contributed by atoms with Gasteiger partial charge in [-0.2, -0.15) is 0 Å². The molecule has 21 heavy (non-hydrogen) atoms. The number of benzene rings is 1. The summed E-state index contributed by atoms with van der Waals surface area (Å²) in [5.74, 6) is 0.316. The van der Waals surface area contributed by atoms with Gasteiger partial charge in [-0.3, -0.25) is 4.79 Å². The van der Waals surface area contributed by atoms with Gasteiger partial charge in [0.2, 0.25) is 5.91 Å². The zero-order valence-electron chi connectivity index (χ0n) is 12.3. The second-order valence-corrected chi connectivity index (χ2v) is 6.86. The summed E-state index contributed by atoms with van der Waals surface area (Å²) in [6, 6.07) is 10.3. The van der Waals surface area contributed by atoms with E-state index in [-0.39, 0.29) is 11.8 Å². The Morgan fingerprint density at radius 1 is 1.38 bits per heavy atom. The average molecular weight is 300 g/mol. The predicted molar refractivity (Wildman–Crippen MR) is 85.5 cm³/mol. The normalized spacial score (nSPS) is 17.3. The van der Waals surface area contributed by atoms with Crippen molar-refractivity contribution in [1.29, 1.82) is 0 Å². The molecule has 3 nitrogen and oxygen atoms in total. The van der Waals surface area contributed by atoms with Crippen molar-refractivity contribution < 1.29 is 4.79 Å². The number of amides is 1. The van der Waals surface area contributed by atoms with E-state index in [1.54, 1.807) is 11.3 Å². The molecule has 1 heterocycles. The van der Waals surface area contributed by atoms with Crippen LogP contribution in [0.3, 0.4) is 0 Å². The van der Waals surface area contributed by atoms with Crippen molar-refractivity contribution in [1.82, 2.24) is 10.3 Å². The van der Waals surface area contributed by atoms with E-state index in [9.17, 15) is 4.79 Å². The molecule has 0 radical (unpaired) electrons. The lowest BCUT2D eigenvalue weighted by Gasteiger charge is -2.20. The van der Waals surface area contributed by atoms with Gasteiger partial charge in [-0.25, -0.2) is 4.98 Å². The summed E-state index contributed by atoms with van der Waals surface area (Å²) in [5, 5.41) is 4.20. The largest absolute Gasteiger partial charge is 0.356 e. The Hall–Kier alpha value is -1.68. The fraction of sp³-hybridized carbons (Fsp3) is 0.412. The van der Waals surface area contributed by atoms with Crippen LogP contribution in [-0.4, -0.2) is 17.4 Å². The number of aromatic nitrogens is 1. The van der Waals surface area contributed by atoms with Crippen molar-refractivity contribution >= 4 is 17.2 Å². The summed E-state index contributed by atoms with van der Waals surface area (Å²) in [6.07, 6.45) is 3.62. The number of aryl methyl sites for hydroxylation is 2. The predicted octanol–water partition coefficient (Wildman–Crippen LogP) is 2.92. The highest BCUT2D eigenvalue weighted by Gasteiger charge is 2.26. The second kappa shape index (κ2) is 6.39. The molecular formula is C17H20N2OS.